The molecule has 3 heterocycles. The van der Waals surface area contributed by atoms with Crippen molar-refractivity contribution >= 4 is 21.4 Å². The Kier molecular flexibility index (Phi) is 4.26. The highest BCUT2D eigenvalue weighted by Crippen LogP contribution is 2.27. The Bertz CT molecular complexity index is 739. The highest BCUT2D eigenvalue weighted by molar-refractivity contribution is 7.91. The number of nitrogens with zero attached hydrogens (tertiary/aromatic N) is 3. The van der Waals surface area contributed by atoms with Crippen LogP contribution in [0.3, 0.4) is 0 Å². The number of rotatable bonds is 3. The van der Waals surface area contributed by atoms with Gasteiger partial charge in [-0.25, -0.2) is 18.4 Å². The Morgan fingerprint density at radius 3 is 2.68 bits per heavy atom. The maximum Gasteiger partial charge on any atom is 0.252 e. The van der Waals surface area contributed by atoms with Crippen LogP contribution in [0.1, 0.15) is 23.3 Å². The van der Waals surface area contributed by atoms with E-state index in [-0.39, 0.29) is 6.54 Å². The van der Waals surface area contributed by atoms with Gasteiger partial charge < -0.3 is 4.74 Å². The zero-order valence-corrected chi connectivity index (χ0v) is 14.0. The van der Waals surface area contributed by atoms with Gasteiger partial charge in [0.25, 0.3) is 10.0 Å². The minimum atomic E-state index is -3.46. The highest BCUT2D eigenvalue weighted by Gasteiger charge is 2.33. The quantitative estimate of drug-likeness (QED) is 0.854. The summed E-state index contributed by atoms with van der Waals surface area (Å²) in [5.41, 5.74) is 1.70. The maximum atomic E-state index is 12.6. The first-order valence-electron chi connectivity index (χ1n) is 6.94. The van der Waals surface area contributed by atoms with Gasteiger partial charge in [-0.3, -0.25) is 0 Å². The van der Waals surface area contributed by atoms with Gasteiger partial charge in [0, 0.05) is 24.5 Å². The zero-order chi connectivity index (χ0) is 15.7. The van der Waals surface area contributed by atoms with Crippen LogP contribution in [0.2, 0.25) is 0 Å². The summed E-state index contributed by atoms with van der Waals surface area (Å²) in [4.78, 5) is 8.76. The lowest BCUT2D eigenvalue weighted by molar-refractivity contribution is -0.00764. The second kappa shape index (κ2) is 6.04. The van der Waals surface area contributed by atoms with Crippen molar-refractivity contribution < 1.29 is 13.2 Å². The number of morpholine rings is 1. The fourth-order valence-electron chi connectivity index (χ4n) is 2.43. The fraction of sp³-hybridized carbons (Fsp3) is 0.429. The summed E-state index contributed by atoms with van der Waals surface area (Å²) in [6.07, 6.45) is -0.429. The molecular formula is C14H17N3O3S2. The van der Waals surface area contributed by atoms with Crippen molar-refractivity contribution in [3.05, 3.63) is 40.8 Å². The van der Waals surface area contributed by atoms with Crippen molar-refractivity contribution in [3.8, 4) is 0 Å². The van der Waals surface area contributed by atoms with Crippen LogP contribution >= 0.6 is 11.3 Å². The van der Waals surface area contributed by atoms with Crippen molar-refractivity contribution in [1.29, 1.82) is 0 Å². The lowest BCUT2D eigenvalue weighted by atomic mass is 10.2. The molecule has 0 N–H and O–H groups in total. The van der Waals surface area contributed by atoms with E-state index in [1.165, 1.54) is 15.6 Å². The number of hydrogen-bond acceptors (Lipinski definition) is 6. The third-order valence-electron chi connectivity index (χ3n) is 3.41. The van der Waals surface area contributed by atoms with Crippen molar-refractivity contribution in [2.45, 2.75) is 24.2 Å². The topological polar surface area (TPSA) is 72.4 Å². The lowest BCUT2D eigenvalue weighted by Crippen LogP contribution is -2.42. The third-order valence-corrected chi connectivity index (χ3v) is 6.64. The predicted octanol–water partition coefficient (Wildman–Crippen LogP) is 1.92. The molecule has 1 aliphatic heterocycles. The van der Waals surface area contributed by atoms with Crippen LogP contribution in [0.15, 0.2) is 27.8 Å². The molecule has 1 atom stereocenters. The molecule has 1 fully saturated rings. The molecule has 0 aliphatic carbocycles. The van der Waals surface area contributed by atoms with Crippen LogP contribution in [-0.2, 0) is 14.8 Å². The van der Waals surface area contributed by atoms with Crippen LogP contribution in [-0.4, -0.2) is 42.4 Å². The molecule has 0 radical (unpaired) electrons. The van der Waals surface area contributed by atoms with Gasteiger partial charge in [-0.1, -0.05) is 6.07 Å². The average Bonchev–Trinajstić information content (AvgIpc) is 3.01. The molecule has 1 aliphatic rings. The van der Waals surface area contributed by atoms with Crippen molar-refractivity contribution in [2.24, 2.45) is 0 Å². The van der Waals surface area contributed by atoms with Crippen molar-refractivity contribution in [3.63, 3.8) is 0 Å². The monoisotopic (exact) mass is 339 g/mol. The lowest BCUT2D eigenvalue weighted by Gasteiger charge is -2.31. The first-order chi connectivity index (χ1) is 10.5. The number of thiophene rings is 1. The number of aryl methyl sites for hydroxylation is 2. The Labute approximate surface area is 133 Å². The zero-order valence-electron chi connectivity index (χ0n) is 12.4. The summed E-state index contributed by atoms with van der Waals surface area (Å²) in [5, 5.41) is 1.76. The molecule has 0 amide bonds. The summed E-state index contributed by atoms with van der Waals surface area (Å²) in [6.45, 7) is 4.71. The molecule has 0 aromatic carbocycles. The summed E-state index contributed by atoms with van der Waals surface area (Å²) in [6, 6.07) is 5.24. The van der Waals surface area contributed by atoms with Gasteiger partial charge in [0.05, 0.1) is 6.61 Å². The van der Waals surface area contributed by atoms with Crippen molar-refractivity contribution in [2.75, 3.05) is 19.7 Å². The predicted molar refractivity (Wildman–Crippen MR) is 83.3 cm³/mol. The molecule has 1 saturated heterocycles. The smallest absolute Gasteiger partial charge is 0.252 e. The van der Waals surface area contributed by atoms with E-state index in [0.29, 0.717) is 23.2 Å². The Balaban J connectivity index is 1.86. The molecule has 22 heavy (non-hydrogen) atoms. The molecule has 0 bridgehead atoms. The van der Waals surface area contributed by atoms with Gasteiger partial charge in [0.2, 0.25) is 0 Å². The Morgan fingerprint density at radius 2 is 2.05 bits per heavy atom. The Morgan fingerprint density at radius 1 is 1.32 bits per heavy atom. The minimum Gasteiger partial charge on any atom is -0.367 e. The molecule has 0 spiro atoms. The van der Waals surface area contributed by atoms with E-state index in [4.69, 9.17) is 4.74 Å². The van der Waals surface area contributed by atoms with E-state index in [0.717, 1.165) is 11.4 Å². The standard InChI is InChI=1S/C14H17N3O3S2/c1-10-8-11(2)16-14(15-10)12-9-17(5-6-20-12)22(18,19)13-4-3-7-21-13/h3-4,7-8,12H,5-6,9H2,1-2H3/t12-/m1/s1. The van der Waals surface area contributed by atoms with E-state index < -0.39 is 16.1 Å². The van der Waals surface area contributed by atoms with Gasteiger partial charge in [-0.2, -0.15) is 4.31 Å². The second-order valence-corrected chi connectivity index (χ2v) is 8.28. The van der Waals surface area contributed by atoms with Crippen LogP contribution in [0, 0.1) is 13.8 Å². The van der Waals surface area contributed by atoms with Gasteiger partial charge in [0.15, 0.2) is 5.82 Å². The van der Waals surface area contributed by atoms with E-state index in [2.05, 4.69) is 9.97 Å². The number of ether oxygens (including phenoxy) is 1. The third kappa shape index (κ3) is 3.05. The number of sulfonamides is 1. The first kappa shape index (κ1) is 15.5. The van der Waals surface area contributed by atoms with Crippen LogP contribution in [0.5, 0.6) is 0 Å². The molecular weight excluding hydrogens is 322 g/mol. The van der Waals surface area contributed by atoms with E-state index in [1.807, 2.05) is 19.9 Å². The van der Waals surface area contributed by atoms with E-state index in [1.54, 1.807) is 17.5 Å². The summed E-state index contributed by atoms with van der Waals surface area (Å²) in [5.74, 6) is 0.545. The SMILES string of the molecule is Cc1cc(C)nc([C@H]2CN(S(=O)(=O)c3cccs3)CCO2)n1. The van der Waals surface area contributed by atoms with E-state index in [9.17, 15) is 8.42 Å². The van der Waals surface area contributed by atoms with Crippen LogP contribution in [0.4, 0.5) is 0 Å². The Hall–Kier alpha value is -1.35. The van der Waals surface area contributed by atoms with E-state index >= 15 is 0 Å². The van der Waals surface area contributed by atoms with Gasteiger partial charge in [-0.15, -0.1) is 11.3 Å². The number of hydrogen-bond donors (Lipinski definition) is 0. The molecule has 3 rings (SSSR count). The highest BCUT2D eigenvalue weighted by atomic mass is 32.2. The average molecular weight is 339 g/mol. The summed E-state index contributed by atoms with van der Waals surface area (Å²) < 4.78 is 32.7. The second-order valence-electron chi connectivity index (χ2n) is 5.16. The summed E-state index contributed by atoms with van der Waals surface area (Å²) >= 11 is 1.22. The maximum absolute atomic E-state index is 12.6. The van der Waals surface area contributed by atoms with Gasteiger partial charge >= 0.3 is 0 Å². The normalized spacial score (nSPS) is 20.2. The molecule has 8 heteroatoms. The number of aromatic nitrogens is 2. The van der Waals surface area contributed by atoms with Crippen LogP contribution in [0.25, 0.3) is 0 Å². The molecule has 2 aromatic heterocycles. The molecule has 0 saturated carbocycles. The largest absolute Gasteiger partial charge is 0.367 e. The van der Waals surface area contributed by atoms with Gasteiger partial charge in [-0.05, 0) is 31.4 Å². The van der Waals surface area contributed by atoms with Crippen molar-refractivity contribution in [1.82, 2.24) is 14.3 Å². The molecule has 0 unspecified atom stereocenters. The molecule has 6 nitrogen and oxygen atoms in total. The molecule has 118 valence electrons. The summed E-state index contributed by atoms with van der Waals surface area (Å²) in [7, 11) is -3.46. The van der Waals surface area contributed by atoms with Crippen LogP contribution < -0.4 is 0 Å². The first-order valence-corrected chi connectivity index (χ1v) is 9.26. The minimum absolute atomic E-state index is 0.239. The molecule has 2 aromatic rings. The van der Waals surface area contributed by atoms with Gasteiger partial charge in [0.1, 0.15) is 10.3 Å². The fourth-order valence-corrected chi connectivity index (χ4v) is 5.00.